The van der Waals surface area contributed by atoms with Crippen LogP contribution in [0, 0.1) is 11.3 Å². The second-order valence-electron chi connectivity index (χ2n) is 5.67. The summed E-state index contributed by atoms with van der Waals surface area (Å²) in [6, 6.07) is 0. The van der Waals surface area contributed by atoms with Crippen molar-refractivity contribution in [3.63, 3.8) is 0 Å². The van der Waals surface area contributed by atoms with Crippen molar-refractivity contribution < 1.29 is 4.74 Å². The van der Waals surface area contributed by atoms with Crippen LogP contribution < -0.4 is 5.73 Å². The molecule has 2 nitrogen and oxygen atoms in total. The minimum Gasteiger partial charge on any atom is -0.381 e. The fraction of sp³-hybridized carbons (Fsp3) is 1.00. The fourth-order valence-electron chi connectivity index (χ4n) is 1.67. The van der Waals surface area contributed by atoms with E-state index in [1.54, 1.807) is 0 Å². The molecule has 0 aromatic heterocycles. The van der Waals surface area contributed by atoms with E-state index >= 15 is 0 Å². The number of hydrogen-bond donors (Lipinski definition) is 1. The monoisotopic (exact) mass is 213 g/mol. The van der Waals surface area contributed by atoms with E-state index in [-0.39, 0.29) is 0 Å². The first-order valence-electron chi connectivity index (χ1n) is 6.42. The molecule has 1 aliphatic rings. The van der Waals surface area contributed by atoms with E-state index in [0.29, 0.717) is 5.41 Å². The summed E-state index contributed by atoms with van der Waals surface area (Å²) >= 11 is 0. The van der Waals surface area contributed by atoms with Crippen molar-refractivity contribution in [1.82, 2.24) is 0 Å². The Morgan fingerprint density at radius 2 is 1.93 bits per heavy atom. The molecule has 0 bridgehead atoms. The zero-order chi connectivity index (χ0) is 11.1. The summed E-state index contributed by atoms with van der Waals surface area (Å²) in [4.78, 5) is 0. The minimum atomic E-state index is 0.314. The van der Waals surface area contributed by atoms with Gasteiger partial charge in [0.2, 0.25) is 0 Å². The third-order valence-electron chi connectivity index (χ3n) is 3.31. The molecule has 0 aromatic carbocycles. The van der Waals surface area contributed by atoms with E-state index in [4.69, 9.17) is 10.5 Å². The second kappa shape index (κ2) is 6.49. The van der Waals surface area contributed by atoms with Gasteiger partial charge in [-0.05, 0) is 37.1 Å². The first kappa shape index (κ1) is 13.0. The number of nitrogens with two attached hydrogens (primary N) is 1. The fourth-order valence-corrected chi connectivity index (χ4v) is 1.67. The molecule has 1 rings (SSSR count). The first-order valence-corrected chi connectivity index (χ1v) is 6.42. The number of unbranched alkanes of at least 4 members (excludes halogenated alkanes) is 1. The molecular formula is C13H27NO. The summed E-state index contributed by atoms with van der Waals surface area (Å²) in [5.41, 5.74) is 5.99. The predicted octanol–water partition coefficient (Wildman–Crippen LogP) is 2.96. The number of hydrogen-bond acceptors (Lipinski definition) is 2. The van der Waals surface area contributed by atoms with Crippen molar-refractivity contribution in [2.45, 2.75) is 52.4 Å². The van der Waals surface area contributed by atoms with Gasteiger partial charge in [-0.3, -0.25) is 0 Å². The molecule has 2 N–H and O–H groups in total. The van der Waals surface area contributed by atoms with E-state index in [9.17, 15) is 0 Å². The van der Waals surface area contributed by atoms with Crippen molar-refractivity contribution in [1.29, 1.82) is 0 Å². The Morgan fingerprint density at radius 3 is 2.53 bits per heavy atom. The molecule has 0 unspecified atom stereocenters. The van der Waals surface area contributed by atoms with Crippen LogP contribution in [0.1, 0.15) is 52.4 Å². The highest BCUT2D eigenvalue weighted by molar-refractivity contribution is 4.72. The molecule has 1 saturated carbocycles. The van der Waals surface area contributed by atoms with Gasteiger partial charge in [-0.25, -0.2) is 0 Å². The number of ether oxygens (including phenoxy) is 1. The maximum atomic E-state index is 5.68. The van der Waals surface area contributed by atoms with Gasteiger partial charge in [0.15, 0.2) is 0 Å². The van der Waals surface area contributed by atoms with Crippen LogP contribution in [0.2, 0.25) is 0 Å². The lowest BCUT2D eigenvalue weighted by molar-refractivity contribution is 0.121. The Bertz CT molecular complexity index is 164. The lowest BCUT2D eigenvalue weighted by Crippen LogP contribution is -2.23. The Labute approximate surface area is 94.6 Å². The maximum absolute atomic E-state index is 5.68. The number of rotatable bonds is 9. The highest BCUT2D eigenvalue weighted by atomic mass is 16.5. The molecule has 1 fully saturated rings. The molecule has 0 saturated heterocycles. The summed E-state index contributed by atoms with van der Waals surface area (Å²) in [6.07, 6.45) is 7.81. The quantitative estimate of drug-likeness (QED) is 0.598. The normalized spacial score (nSPS) is 17.0. The van der Waals surface area contributed by atoms with Crippen LogP contribution >= 0.6 is 0 Å². The highest BCUT2D eigenvalue weighted by Crippen LogP contribution is 2.32. The third-order valence-corrected chi connectivity index (χ3v) is 3.31. The van der Waals surface area contributed by atoms with Gasteiger partial charge in [0.25, 0.3) is 0 Å². The third kappa shape index (κ3) is 6.91. The van der Waals surface area contributed by atoms with Gasteiger partial charge in [-0.1, -0.05) is 33.1 Å². The van der Waals surface area contributed by atoms with Gasteiger partial charge in [0.05, 0.1) is 0 Å². The van der Waals surface area contributed by atoms with Crippen molar-refractivity contribution >= 4 is 0 Å². The Balaban J connectivity index is 1.79. The lowest BCUT2D eigenvalue weighted by Gasteiger charge is -2.21. The first-order chi connectivity index (χ1) is 7.14. The van der Waals surface area contributed by atoms with Gasteiger partial charge >= 0.3 is 0 Å². The smallest absolute Gasteiger partial charge is 0.0468 e. The zero-order valence-corrected chi connectivity index (χ0v) is 10.4. The minimum absolute atomic E-state index is 0.314. The molecule has 0 aliphatic heterocycles. The Kier molecular flexibility index (Phi) is 5.62. The zero-order valence-electron chi connectivity index (χ0n) is 10.4. The van der Waals surface area contributed by atoms with Crippen molar-refractivity contribution in [2.75, 3.05) is 19.8 Å². The molecule has 0 aromatic rings. The van der Waals surface area contributed by atoms with Crippen LogP contribution in [0.3, 0.4) is 0 Å². The molecule has 0 radical (unpaired) electrons. The largest absolute Gasteiger partial charge is 0.381 e. The molecule has 0 atom stereocenters. The van der Waals surface area contributed by atoms with Crippen molar-refractivity contribution in [3.05, 3.63) is 0 Å². The van der Waals surface area contributed by atoms with Crippen LogP contribution in [0.4, 0.5) is 0 Å². The molecular weight excluding hydrogens is 186 g/mol. The maximum Gasteiger partial charge on any atom is 0.0468 e. The summed E-state index contributed by atoms with van der Waals surface area (Å²) in [5, 5.41) is 0. The van der Waals surface area contributed by atoms with Gasteiger partial charge in [-0.15, -0.1) is 0 Å². The average Bonchev–Trinajstić information content (AvgIpc) is 3.00. The molecule has 0 heterocycles. The van der Waals surface area contributed by atoms with Crippen molar-refractivity contribution in [2.24, 2.45) is 17.1 Å². The summed E-state index contributed by atoms with van der Waals surface area (Å²) in [7, 11) is 0. The average molecular weight is 213 g/mol. The molecule has 15 heavy (non-hydrogen) atoms. The van der Waals surface area contributed by atoms with E-state index in [0.717, 1.165) is 25.7 Å². The Morgan fingerprint density at radius 1 is 1.20 bits per heavy atom. The SMILES string of the molecule is CC(C)(CN)CCCCOCCC1CC1. The van der Waals surface area contributed by atoms with E-state index < -0.39 is 0 Å². The molecule has 0 spiro atoms. The van der Waals surface area contributed by atoms with Crippen molar-refractivity contribution in [3.8, 4) is 0 Å². The lowest BCUT2D eigenvalue weighted by atomic mass is 9.87. The van der Waals surface area contributed by atoms with Crippen LogP contribution in [0.25, 0.3) is 0 Å². The summed E-state index contributed by atoms with van der Waals surface area (Å²) < 4.78 is 5.60. The standard InChI is InChI=1S/C13H27NO/c1-13(2,11-14)8-3-4-9-15-10-7-12-5-6-12/h12H,3-11,14H2,1-2H3. The topological polar surface area (TPSA) is 35.2 Å². The van der Waals surface area contributed by atoms with Crippen LogP contribution in [0.15, 0.2) is 0 Å². The van der Waals surface area contributed by atoms with Crippen LogP contribution in [-0.4, -0.2) is 19.8 Å². The predicted molar refractivity (Wildman–Crippen MR) is 64.8 cm³/mol. The van der Waals surface area contributed by atoms with E-state index in [2.05, 4.69) is 13.8 Å². The summed E-state index contributed by atoms with van der Waals surface area (Å²) in [6.45, 7) is 7.18. The van der Waals surface area contributed by atoms with Gasteiger partial charge in [0.1, 0.15) is 0 Å². The second-order valence-corrected chi connectivity index (χ2v) is 5.67. The van der Waals surface area contributed by atoms with E-state index in [1.807, 2.05) is 0 Å². The Hall–Kier alpha value is -0.0800. The molecule has 0 amide bonds. The van der Waals surface area contributed by atoms with Gasteiger partial charge in [-0.2, -0.15) is 0 Å². The highest BCUT2D eigenvalue weighted by Gasteiger charge is 2.20. The van der Waals surface area contributed by atoms with Gasteiger partial charge < -0.3 is 10.5 Å². The van der Waals surface area contributed by atoms with E-state index in [1.165, 1.54) is 38.5 Å². The van der Waals surface area contributed by atoms with Crippen LogP contribution in [0.5, 0.6) is 0 Å². The summed E-state index contributed by atoms with van der Waals surface area (Å²) in [5.74, 6) is 1.00. The molecule has 2 heteroatoms. The molecule has 90 valence electrons. The van der Waals surface area contributed by atoms with Crippen LogP contribution in [-0.2, 0) is 4.74 Å². The molecule has 1 aliphatic carbocycles. The van der Waals surface area contributed by atoms with Gasteiger partial charge in [0, 0.05) is 13.2 Å².